The second-order valence-corrected chi connectivity index (χ2v) is 3.65. The number of carbonyl (C=O) groups is 3. The summed E-state index contributed by atoms with van der Waals surface area (Å²) in [5, 5.41) is 8.28. The van der Waals surface area contributed by atoms with E-state index in [0.29, 0.717) is 38.3 Å². The van der Waals surface area contributed by atoms with E-state index in [0.717, 1.165) is 0 Å². The minimum absolute atomic E-state index is 0.491. The van der Waals surface area contributed by atoms with E-state index in [2.05, 4.69) is 9.64 Å². The molecule has 7 heteroatoms. The van der Waals surface area contributed by atoms with Crippen LogP contribution in [0.5, 0.6) is 0 Å². The standard InChI is InChI=1S/C10H14N2O5/c1-11-4-6-12(7-5-11)10(16)17-9(15)3-2-8(13)14/h2-3H,4-7H2,1H3,(H,13,14)/b3-2+. The molecule has 0 spiro atoms. The smallest absolute Gasteiger partial charge is 0.417 e. The molecule has 1 saturated heterocycles. The molecule has 17 heavy (non-hydrogen) atoms. The molecule has 0 atom stereocenters. The zero-order valence-corrected chi connectivity index (χ0v) is 9.46. The van der Waals surface area contributed by atoms with E-state index in [9.17, 15) is 14.4 Å². The molecule has 1 rings (SSSR count). The quantitative estimate of drug-likeness (QED) is 0.400. The molecule has 1 fully saturated rings. The van der Waals surface area contributed by atoms with Crippen molar-refractivity contribution in [3.8, 4) is 0 Å². The van der Waals surface area contributed by atoms with Crippen LogP contribution in [0.3, 0.4) is 0 Å². The first-order chi connectivity index (χ1) is 7.99. The van der Waals surface area contributed by atoms with Gasteiger partial charge < -0.3 is 19.6 Å². The third-order valence-corrected chi connectivity index (χ3v) is 2.31. The fourth-order valence-electron chi connectivity index (χ4n) is 1.31. The highest BCUT2D eigenvalue weighted by Gasteiger charge is 2.21. The fourth-order valence-corrected chi connectivity index (χ4v) is 1.31. The Labute approximate surface area is 98.2 Å². The van der Waals surface area contributed by atoms with Gasteiger partial charge in [0.05, 0.1) is 0 Å². The molecular formula is C10H14N2O5. The number of ether oxygens (including phenoxy) is 1. The van der Waals surface area contributed by atoms with Crippen LogP contribution >= 0.6 is 0 Å². The van der Waals surface area contributed by atoms with Gasteiger partial charge in [-0.15, -0.1) is 0 Å². The van der Waals surface area contributed by atoms with E-state index in [1.54, 1.807) is 0 Å². The summed E-state index contributed by atoms with van der Waals surface area (Å²) in [6, 6.07) is 0. The van der Waals surface area contributed by atoms with Crippen molar-refractivity contribution in [2.24, 2.45) is 0 Å². The molecular weight excluding hydrogens is 228 g/mol. The summed E-state index contributed by atoms with van der Waals surface area (Å²) >= 11 is 0. The number of carboxylic acid groups (broad SMARTS) is 1. The highest BCUT2D eigenvalue weighted by Crippen LogP contribution is 2.02. The van der Waals surface area contributed by atoms with Crippen LogP contribution in [0.4, 0.5) is 4.79 Å². The van der Waals surface area contributed by atoms with Crippen LogP contribution in [0.2, 0.25) is 0 Å². The van der Waals surface area contributed by atoms with Crippen LogP contribution in [0, 0.1) is 0 Å². The predicted octanol–water partition coefficient (Wildman–Crippen LogP) is -0.462. The van der Waals surface area contributed by atoms with E-state index < -0.39 is 18.0 Å². The van der Waals surface area contributed by atoms with Gasteiger partial charge in [-0.2, -0.15) is 0 Å². The number of hydrogen-bond acceptors (Lipinski definition) is 5. The summed E-state index contributed by atoms with van der Waals surface area (Å²) in [7, 11) is 1.93. The fraction of sp³-hybridized carbons (Fsp3) is 0.500. The first kappa shape index (κ1) is 13.2. The third kappa shape index (κ3) is 4.64. The lowest BCUT2D eigenvalue weighted by Crippen LogP contribution is -2.47. The molecule has 1 aliphatic heterocycles. The Balaban J connectivity index is 2.38. The molecule has 1 N–H and O–H groups in total. The lowest BCUT2D eigenvalue weighted by Gasteiger charge is -2.31. The van der Waals surface area contributed by atoms with Crippen LogP contribution in [0.1, 0.15) is 0 Å². The summed E-state index contributed by atoms with van der Waals surface area (Å²) in [5.41, 5.74) is 0. The highest BCUT2D eigenvalue weighted by atomic mass is 16.6. The minimum Gasteiger partial charge on any atom is -0.478 e. The molecule has 0 radical (unpaired) electrons. The summed E-state index contributed by atoms with van der Waals surface area (Å²) < 4.78 is 4.45. The van der Waals surface area contributed by atoms with Gasteiger partial charge in [-0.05, 0) is 7.05 Å². The number of rotatable bonds is 2. The first-order valence-electron chi connectivity index (χ1n) is 5.09. The number of amides is 1. The van der Waals surface area contributed by atoms with Crippen molar-refractivity contribution in [1.29, 1.82) is 0 Å². The van der Waals surface area contributed by atoms with Crippen molar-refractivity contribution < 1.29 is 24.2 Å². The third-order valence-electron chi connectivity index (χ3n) is 2.31. The summed E-state index contributed by atoms with van der Waals surface area (Å²) in [6.45, 7) is 2.42. The average molecular weight is 242 g/mol. The molecule has 1 amide bonds. The predicted molar refractivity (Wildman–Crippen MR) is 57.3 cm³/mol. The zero-order valence-electron chi connectivity index (χ0n) is 9.46. The number of nitrogens with zero attached hydrogens (tertiary/aromatic N) is 2. The Kier molecular flexibility index (Phi) is 4.65. The molecule has 0 unspecified atom stereocenters. The maximum atomic E-state index is 11.4. The van der Waals surface area contributed by atoms with Crippen LogP contribution in [-0.4, -0.2) is 66.2 Å². The molecule has 0 aliphatic carbocycles. The first-order valence-corrected chi connectivity index (χ1v) is 5.09. The zero-order chi connectivity index (χ0) is 12.8. The van der Waals surface area contributed by atoms with Crippen molar-refractivity contribution in [3.63, 3.8) is 0 Å². The molecule has 0 aromatic carbocycles. The van der Waals surface area contributed by atoms with E-state index in [1.165, 1.54) is 4.90 Å². The van der Waals surface area contributed by atoms with E-state index >= 15 is 0 Å². The maximum Gasteiger partial charge on any atom is 0.417 e. The lowest BCUT2D eigenvalue weighted by atomic mass is 10.3. The van der Waals surface area contributed by atoms with Crippen LogP contribution < -0.4 is 0 Å². The molecule has 1 aliphatic rings. The minimum atomic E-state index is -1.27. The second kappa shape index (κ2) is 6.00. The van der Waals surface area contributed by atoms with Crippen LogP contribution in [0.15, 0.2) is 12.2 Å². The molecule has 7 nitrogen and oxygen atoms in total. The Morgan fingerprint density at radius 2 is 1.71 bits per heavy atom. The van der Waals surface area contributed by atoms with Gasteiger partial charge in [0.15, 0.2) is 0 Å². The number of esters is 1. The number of likely N-dealkylation sites (N-methyl/N-ethyl adjacent to an activating group) is 1. The normalized spacial score (nSPS) is 17.1. The summed E-state index contributed by atoms with van der Waals surface area (Å²) in [6.07, 6.45) is 0.591. The lowest BCUT2D eigenvalue weighted by molar-refractivity contribution is -0.135. The Hall–Kier alpha value is -1.89. The SMILES string of the molecule is CN1CCN(C(=O)OC(=O)/C=C/C(=O)O)CC1. The Bertz CT molecular complexity index is 345. The maximum absolute atomic E-state index is 11.4. The number of carbonyl (C=O) groups excluding carboxylic acids is 2. The van der Waals surface area contributed by atoms with Gasteiger partial charge >= 0.3 is 18.0 Å². The van der Waals surface area contributed by atoms with Crippen LogP contribution in [0.25, 0.3) is 0 Å². The number of aliphatic carboxylic acids is 1. The summed E-state index contributed by atoms with van der Waals surface area (Å²) in [5.74, 6) is -2.25. The molecule has 1 heterocycles. The van der Waals surface area contributed by atoms with Gasteiger partial charge in [0.2, 0.25) is 0 Å². The van der Waals surface area contributed by atoms with Gasteiger partial charge in [0.25, 0.3) is 0 Å². The molecule has 94 valence electrons. The van der Waals surface area contributed by atoms with Crippen molar-refractivity contribution in [2.45, 2.75) is 0 Å². The van der Waals surface area contributed by atoms with Crippen molar-refractivity contribution in [2.75, 3.05) is 33.2 Å². The van der Waals surface area contributed by atoms with Gasteiger partial charge in [-0.1, -0.05) is 0 Å². The van der Waals surface area contributed by atoms with Gasteiger partial charge in [-0.3, -0.25) is 0 Å². The van der Waals surface area contributed by atoms with Crippen molar-refractivity contribution >= 4 is 18.0 Å². The number of carboxylic acids is 1. The van der Waals surface area contributed by atoms with Crippen molar-refractivity contribution in [1.82, 2.24) is 9.80 Å². The van der Waals surface area contributed by atoms with Crippen LogP contribution in [-0.2, 0) is 14.3 Å². The number of piperazine rings is 1. The Morgan fingerprint density at radius 3 is 2.24 bits per heavy atom. The Morgan fingerprint density at radius 1 is 1.12 bits per heavy atom. The monoisotopic (exact) mass is 242 g/mol. The topological polar surface area (TPSA) is 87.2 Å². The van der Waals surface area contributed by atoms with E-state index in [4.69, 9.17) is 5.11 Å². The second-order valence-electron chi connectivity index (χ2n) is 3.65. The van der Waals surface area contributed by atoms with Gasteiger partial charge in [0, 0.05) is 38.3 Å². The van der Waals surface area contributed by atoms with Gasteiger partial charge in [0.1, 0.15) is 0 Å². The summed E-state index contributed by atoms with van der Waals surface area (Å²) in [4.78, 5) is 36.1. The van der Waals surface area contributed by atoms with E-state index in [-0.39, 0.29) is 0 Å². The molecule has 0 aromatic rings. The van der Waals surface area contributed by atoms with E-state index in [1.807, 2.05) is 7.05 Å². The number of hydrogen-bond donors (Lipinski definition) is 1. The highest BCUT2D eigenvalue weighted by molar-refractivity contribution is 5.95. The molecule has 0 aromatic heterocycles. The molecule has 0 bridgehead atoms. The molecule has 0 saturated carbocycles. The average Bonchev–Trinajstić information content (AvgIpc) is 2.27. The largest absolute Gasteiger partial charge is 0.478 e. The van der Waals surface area contributed by atoms with Gasteiger partial charge in [-0.25, -0.2) is 14.4 Å². The van der Waals surface area contributed by atoms with Crippen molar-refractivity contribution in [3.05, 3.63) is 12.2 Å².